The highest BCUT2D eigenvalue weighted by Crippen LogP contribution is 2.23. The second-order valence-corrected chi connectivity index (χ2v) is 3.28. The van der Waals surface area contributed by atoms with E-state index < -0.39 is 0 Å². The van der Waals surface area contributed by atoms with Crippen molar-refractivity contribution in [3.63, 3.8) is 0 Å². The highest BCUT2D eigenvalue weighted by atomic mass is 16.5. The number of nitrogens with zero attached hydrogens (tertiary/aromatic N) is 2. The van der Waals surface area contributed by atoms with Gasteiger partial charge in [0.15, 0.2) is 5.82 Å². The van der Waals surface area contributed by atoms with Gasteiger partial charge < -0.3 is 15.8 Å². The zero-order chi connectivity index (χ0) is 11.1. The molecule has 0 unspecified atom stereocenters. The SMILES string of the molecule is CCCCCNc1ncnc(OC)c1N. The number of hydrogen-bond acceptors (Lipinski definition) is 5. The van der Waals surface area contributed by atoms with Gasteiger partial charge in [-0.25, -0.2) is 4.98 Å². The van der Waals surface area contributed by atoms with Crippen LogP contribution in [-0.2, 0) is 0 Å². The van der Waals surface area contributed by atoms with E-state index in [0.29, 0.717) is 17.4 Å². The Bertz CT molecular complexity index is 303. The van der Waals surface area contributed by atoms with Gasteiger partial charge in [-0.3, -0.25) is 0 Å². The average Bonchev–Trinajstić information content (AvgIpc) is 2.26. The predicted octanol–water partition coefficient (Wildman–Crippen LogP) is 1.67. The Morgan fingerprint density at radius 3 is 2.87 bits per heavy atom. The molecule has 3 N–H and O–H groups in total. The fourth-order valence-electron chi connectivity index (χ4n) is 1.26. The van der Waals surface area contributed by atoms with Gasteiger partial charge in [-0.15, -0.1) is 0 Å². The molecule has 0 aromatic carbocycles. The molecule has 0 amide bonds. The zero-order valence-corrected chi connectivity index (χ0v) is 9.29. The van der Waals surface area contributed by atoms with Crippen molar-refractivity contribution in [1.82, 2.24) is 9.97 Å². The molecule has 0 aliphatic rings. The second kappa shape index (κ2) is 6.06. The van der Waals surface area contributed by atoms with Crippen LogP contribution in [0.2, 0.25) is 0 Å². The van der Waals surface area contributed by atoms with Crippen LogP contribution in [0.1, 0.15) is 26.2 Å². The van der Waals surface area contributed by atoms with E-state index in [0.717, 1.165) is 13.0 Å². The lowest BCUT2D eigenvalue weighted by molar-refractivity contribution is 0.399. The van der Waals surface area contributed by atoms with Gasteiger partial charge in [0.05, 0.1) is 7.11 Å². The van der Waals surface area contributed by atoms with E-state index in [9.17, 15) is 0 Å². The molecule has 0 aliphatic carbocycles. The fourth-order valence-corrected chi connectivity index (χ4v) is 1.26. The van der Waals surface area contributed by atoms with Crippen LogP contribution in [0.25, 0.3) is 0 Å². The number of aromatic nitrogens is 2. The minimum Gasteiger partial charge on any atom is -0.479 e. The maximum Gasteiger partial charge on any atom is 0.242 e. The Morgan fingerprint density at radius 2 is 2.20 bits per heavy atom. The molecule has 0 saturated heterocycles. The summed E-state index contributed by atoms with van der Waals surface area (Å²) in [5.74, 6) is 1.07. The quantitative estimate of drug-likeness (QED) is 0.699. The Kier molecular flexibility index (Phi) is 4.66. The van der Waals surface area contributed by atoms with Gasteiger partial charge >= 0.3 is 0 Å². The van der Waals surface area contributed by atoms with Crippen molar-refractivity contribution >= 4 is 11.5 Å². The van der Waals surface area contributed by atoms with Crippen molar-refractivity contribution < 1.29 is 4.74 Å². The molecule has 1 rings (SSSR count). The number of methoxy groups -OCH3 is 1. The van der Waals surface area contributed by atoms with E-state index in [1.54, 1.807) is 7.11 Å². The molecule has 0 bridgehead atoms. The number of anilines is 2. The lowest BCUT2D eigenvalue weighted by atomic mass is 10.2. The average molecular weight is 210 g/mol. The molecule has 0 atom stereocenters. The lowest BCUT2D eigenvalue weighted by Crippen LogP contribution is -2.08. The molecule has 0 aliphatic heterocycles. The first-order valence-electron chi connectivity index (χ1n) is 5.18. The van der Waals surface area contributed by atoms with Gasteiger partial charge in [0.1, 0.15) is 12.0 Å². The number of nitrogens with two attached hydrogens (primary N) is 1. The maximum absolute atomic E-state index is 5.80. The molecule has 0 spiro atoms. The summed E-state index contributed by atoms with van der Waals surface area (Å²) in [6, 6.07) is 0. The summed E-state index contributed by atoms with van der Waals surface area (Å²) in [5, 5.41) is 3.17. The number of rotatable bonds is 6. The van der Waals surface area contributed by atoms with Crippen molar-refractivity contribution in [1.29, 1.82) is 0 Å². The van der Waals surface area contributed by atoms with Crippen LogP contribution in [0, 0.1) is 0 Å². The normalized spacial score (nSPS) is 10.0. The van der Waals surface area contributed by atoms with Gasteiger partial charge in [-0.2, -0.15) is 4.98 Å². The number of ether oxygens (including phenoxy) is 1. The molecule has 1 aromatic rings. The fraction of sp³-hybridized carbons (Fsp3) is 0.600. The highest BCUT2D eigenvalue weighted by Gasteiger charge is 2.06. The summed E-state index contributed by atoms with van der Waals surface area (Å²) in [5.41, 5.74) is 6.27. The third kappa shape index (κ3) is 3.27. The molecular formula is C10H18N4O. The minimum atomic E-state index is 0.419. The Labute approximate surface area is 90.1 Å². The molecule has 0 fully saturated rings. The molecule has 1 heterocycles. The summed E-state index contributed by atoms with van der Waals surface area (Å²) in [6.07, 6.45) is 4.96. The van der Waals surface area contributed by atoms with Gasteiger partial charge in [0, 0.05) is 6.54 Å². The van der Waals surface area contributed by atoms with E-state index in [4.69, 9.17) is 10.5 Å². The first kappa shape index (κ1) is 11.6. The van der Waals surface area contributed by atoms with E-state index in [1.165, 1.54) is 19.2 Å². The third-order valence-corrected chi connectivity index (χ3v) is 2.11. The molecule has 15 heavy (non-hydrogen) atoms. The summed E-state index contributed by atoms with van der Waals surface area (Å²) >= 11 is 0. The number of unbranched alkanes of at least 4 members (excludes halogenated alkanes) is 2. The Balaban J connectivity index is 2.53. The highest BCUT2D eigenvalue weighted by molar-refractivity contribution is 5.66. The second-order valence-electron chi connectivity index (χ2n) is 3.28. The van der Waals surface area contributed by atoms with Gasteiger partial charge in [-0.1, -0.05) is 19.8 Å². The van der Waals surface area contributed by atoms with Crippen molar-refractivity contribution in [3.05, 3.63) is 6.33 Å². The molecule has 5 heteroatoms. The van der Waals surface area contributed by atoms with Crippen molar-refractivity contribution in [2.75, 3.05) is 24.7 Å². The molecule has 0 radical (unpaired) electrons. The van der Waals surface area contributed by atoms with Crippen LogP contribution in [-0.4, -0.2) is 23.6 Å². The molecule has 84 valence electrons. The van der Waals surface area contributed by atoms with E-state index in [1.807, 2.05) is 0 Å². The Morgan fingerprint density at radius 1 is 1.40 bits per heavy atom. The molecule has 1 aromatic heterocycles. The van der Waals surface area contributed by atoms with Crippen LogP contribution >= 0.6 is 0 Å². The maximum atomic E-state index is 5.80. The van der Waals surface area contributed by atoms with Crippen molar-refractivity contribution in [3.8, 4) is 5.88 Å². The predicted molar refractivity (Wildman–Crippen MR) is 61.0 cm³/mol. The molecule has 5 nitrogen and oxygen atoms in total. The third-order valence-electron chi connectivity index (χ3n) is 2.11. The molecule has 0 saturated carbocycles. The smallest absolute Gasteiger partial charge is 0.242 e. The van der Waals surface area contributed by atoms with Crippen LogP contribution < -0.4 is 15.8 Å². The first-order chi connectivity index (χ1) is 7.29. The van der Waals surface area contributed by atoms with E-state index >= 15 is 0 Å². The monoisotopic (exact) mass is 210 g/mol. The van der Waals surface area contributed by atoms with Gasteiger partial charge in [-0.05, 0) is 6.42 Å². The first-order valence-corrected chi connectivity index (χ1v) is 5.18. The van der Waals surface area contributed by atoms with Gasteiger partial charge in [0.25, 0.3) is 0 Å². The largest absolute Gasteiger partial charge is 0.479 e. The van der Waals surface area contributed by atoms with Gasteiger partial charge in [0.2, 0.25) is 5.88 Å². The topological polar surface area (TPSA) is 73.1 Å². The zero-order valence-electron chi connectivity index (χ0n) is 9.29. The minimum absolute atomic E-state index is 0.419. The summed E-state index contributed by atoms with van der Waals surface area (Å²) in [4.78, 5) is 7.96. The number of nitrogen functional groups attached to an aromatic ring is 1. The summed E-state index contributed by atoms with van der Waals surface area (Å²) < 4.78 is 5.00. The van der Waals surface area contributed by atoms with E-state index in [-0.39, 0.29) is 0 Å². The number of hydrogen-bond donors (Lipinski definition) is 2. The van der Waals surface area contributed by atoms with Crippen LogP contribution in [0.5, 0.6) is 5.88 Å². The van der Waals surface area contributed by atoms with Crippen LogP contribution in [0.4, 0.5) is 11.5 Å². The van der Waals surface area contributed by atoms with Crippen molar-refractivity contribution in [2.24, 2.45) is 0 Å². The number of nitrogens with one attached hydrogen (secondary N) is 1. The van der Waals surface area contributed by atoms with Crippen LogP contribution in [0.3, 0.4) is 0 Å². The standard InChI is InChI=1S/C10H18N4O/c1-3-4-5-6-12-9-8(11)10(15-2)14-7-13-9/h7H,3-6,11H2,1-2H3,(H,12,13,14). The Hall–Kier alpha value is -1.52. The lowest BCUT2D eigenvalue weighted by Gasteiger charge is -2.09. The molecular weight excluding hydrogens is 192 g/mol. The summed E-state index contributed by atoms with van der Waals surface area (Å²) in [6.45, 7) is 3.04. The van der Waals surface area contributed by atoms with E-state index in [2.05, 4.69) is 22.2 Å². The summed E-state index contributed by atoms with van der Waals surface area (Å²) in [7, 11) is 1.54. The van der Waals surface area contributed by atoms with Crippen LogP contribution in [0.15, 0.2) is 6.33 Å². The van der Waals surface area contributed by atoms with Crippen molar-refractivity contribution in [2.45, 2.75) is 26.2 Å².